The Labute approximate surface area is 109 Å². The van der Waals surface area contributed by atoms with Gasteiger partial charge in [-0.2, -0.15) is 8.78 Å². The molecule has 0 amide bonds. The van der Waals surface area contributed by atoms with Gasteiger partial charge >= 0.3 is 18.3 Å². The van der Waals surface area contributed by atoms with Crippen LogP contribution in [0.15, 0.2) is 12.1 Å². The first-order valence-electron chi connectivity index (χ1n) is 4.91. The molecule has 1 aromatic carbocycles. The number of aliphatic hydroxyl groups excluding tert-OH is 1. The van der Waals surface area contributed by atoms with Crippen LogP contribution in [0.5, 0.6) is 5.75 Å². The first-order chi connectivity index (χ1) is 9.29. The van der Waals surface area contributed by atoms with Crippen molar-refractivity contribution in [1.29, 1.82) is 0 Å². The molecule has 0 saturated heterocycles. The zero-order valence-corrected chi connectivity index (χ0v) is 9.53. The summed E-state index contributed by atoms with van der Waals surface area (Å²) in [6.07, 6.45) is -2.37. The first kappa shape index (κ1) is 15.4. The van der Waals surface area contributed by atoms with Crippen LogP contribution in [0.1, 0.15) is 22.0 Å². The second-order valence-corrected chi connectivity index (χ2v) is 3.41. The molecule has 0 spiro atoms. The molecule has 1 atom stereocenters. The Bertz CT molecular complexity index is 561. The number of nitro groups is 1. The summed E-state index contributed by atoms with van der Waals surface area (Å²) in [5.41, 5.74) is -2.41. The number of carboxylic acid groups (broad SMARTS) is 1. The van der Waals surface area contributed by atoms with Crippen molar-refractivity contribution in [3.05, 3.63) is 33.4 Å². The van der Waals surface area contributed by atoms with Crippen molar-refractivity contribution in [2.75, 3.05) is 0 Å². The summed E-state index contributed by atoms with van der Waals surface area (Å²) >= 11 is 0. The van der Waals surface area contributed by atoms with E-state index in [0.717, 1.165) is 6.07 Å². The quantitative estimate of drug-likeness (QED) is 0.456. The van der Waals surface area contributed by atoms with Gasteiger partial charge in [0.05, 0.1) is 10.5 Å². The SMILES string of the molecule is O=Cc1ccc([N+](=O)[O-])c(OC(F)F)c1C(O)C(=O)O. The molecule has 0 aliphatic carbocycles. The van der Waals surface area contributed by atoms with Gasteiger partial charge in [-0.15, -0.1) is 0 Å². The minimum atomic E-state index is -3.50. The molecule has 0 aromatic heterocycles. The van der Waals surface area contributed by atoms with E-state index in [2.05, 4.69) is 4.74 Å². The molecule has 0 aliphatic heterocycles. The van der Waals surface area contributed by atoms with Gasteiger partial charge in [0, 0.05) is 11.6 Å². The van der Waals surface area contributed by atoms with Crippen LogP contribution >= 0.6 is 0 Å². The van der Waals surface area contributed by atoms with Gasteiger partial charge in [-0.1, -0.05) is 0 Å². The number of carbonyl (C=O) groups excluding carboxylic acids is 1. The maximum atomic E-state index is 12.3. The molecule has 2 N–H and O–H groups in total. The summed E-state index contributed by atoms with van der Waals surface area (Å²) in [5, 5.41) is 28.8. The number of aliphatic hydroxyl groups is 1. The van der Waals surface area contributed by atoms with Gasteiger partial charge in [-0.05, 0) is 6.07 Å². The fourth-order valence-electron chi connectivity index (χ4n) is 1.47. The average molecular weight is 291 g/mol. The minimum absolute atomic E-state index is 0.0591. The maximum absolute atomic E-state index is 12.3. The highest BCUT2D eigenvalue weighted by Gasteiger charge is 2.32. The highest BCUT2D eigenvalue weighted by atomic mass is 19.3. The zero-order chi connectivity index (χ0) is 15.4. The Hall–Kier alpha value is -2.62. The van der Waals surface area contributed by atoms with Crippen LogP contribution in [-0.2, 0) is 4.79 Å². The fourth-order valence-corrected chi connectivity index (χ4v) is 1.47. The van der Waals surface area contributed by atoms with E-state index in [-0.39, 0.29) is 6.29 Å². The number of rotatable bonds is 6. The third-order valence-corrected chi connectivity index (χ3v) is 2.25. The topological polar surface area (TPSA) is 127 Å². The monoisotopic (exact) mass is 291 g/mol. The van der Waals surface area contributed by atoms with Crippen molar-refractivity contribution in [2.45, 2.75) is 12.7 Å². The van der Waals surface area contributed by atoms with Crippen LogP contribution in [0.25, 0.3) is 0 Å². The maximum Gasteiger partial charge on any atom is 0.387 e. The Balaban J connectivity index is 3.63. The second kappa shape index (κ2) is 6.02. The number of nitro benzene ring substituents is 1. The first-order valence-corrected chi connectivity index (χ1v) is 4.91. The normalized spacial score (nSPS) is 12.0. The Morgan fingerprint density at radius 1 is 1.45 bits per heavy atom. The Morgan fingerprint density at radius 3 is 2.45 bits per heavy atom. The van der Waals surface area contributed by atoms with Crippen LogP contribution in [0.4, 0.5) is 14.5 Å². The van der Waals surface area contributed by atoms with Crippen molar-refractivity contribution in [3.63, 3.8) is 0 Å². The molecule has 108 valence electrons. The number of hydrogen-bond acceptors (Lipinski definition) is 6. The smallest absolute Gasteiger partial charge is 0.387 e. The summed E-state index contributed by atoms with van der Waals surface area (Å²) in [6, 6.07) is 1.52. The third kappa shape index (κ3) is 3.03. The van der Waals surface area contributed by atoms with Crippen LogP contribution in [0.2, 0.25) is 0 Å². The Kier molecular flexibility index (Phi) is 4.64. The van der Waals surface area contributed by atoms with E-state index in [1.54, 1.807) is 0 Å². The number of halogens is 2. The van der Waals surface area contributed by atoms with Crippen LogP contribution in [-0.4, -0.2) is 34.0 Å². The zero-order valence-electron chi connectivity index (χ0n) is 9.53. The van der Waals surface area contributed by atoms with E-state index in [1.165, 1.54) is 0 Å². The van der Waals surface area contributed by atoms with E-state index >= 15 is 0 Å². The number of aldehydes is 1. The summed E-state index contributed by atoms with van der Waals surface area (Å²) in [6.45, 7) is -3.50. The van der Waals surface area contributed by atoms with Crippen molar-refractivity contribution < 1.29 is 38.2 Å². The third-order valence-electron chi connectivity index (χ3n) is 2.25. The number of aliphatic carboxylic acids is 1. The number of carboxylic acids is 1. The van der Waals surface area contributed by atoms with Gasteiger partial charge in [-0.3, -0.25) is 14.9 Å². The molecule has 1 unspecified atom stereocenters. The van der Waals surface area contributed by atoms with Crippen molar-refractivity contribution in [1.82, 2.24) is 0 Å². The van der Waals surface area contributed by atoms with Crippen molar-refractivity contribution in [3.8, 4) is 5.75 Å². The molecule has 20 heavy (non-hydrogen) atoms. The molecule has 0 fully saturated rings. The molecule has 0 saturated carbocycles. The van der Waals surface area contributed by atoms with E-state index in [0.29, 0.717) is 6.07 Å². The number of alkyl halides is 2. The predicted octanol–water partition coefficient (Wildman–Crippen LogP) is 1.13. The number of ether oxygens (including phenoxy) is 1. The average Bonchev–Trinajstić information content (AvgIpc) is 2.36. The minimum Gasteiger partial charge on any atom is -0.479 e. The molecule has 10 heteroatoms. The predicted molar refractivity (Wildman–Crippen MR) is 57.7 cm³/mol. The molecule has 0 heterocycles. The van der Waals surface area contributed by atoms with Crippen LogP contribution in [0, 0.1) is 10.1 Å². The van der Waals surface area contributed by atoms with Gasteiger partial charge in [0.2, 0.25) is 5.75 Å². The number of benzene rings is 1. The van der Waals surface area contributed by atoms with E-state index in [1.807, 2.05) is 0 Å². The van der Waals surface area contributed by atoms with Crippen molar-refractivity contribution in [2.24, 2.45) is 0 Å². The molecule has 0 aliphatic rings. The highest BCUT2D eigenvalue weighted by Crippen LogP contribution is 2.38. The van der Waals surface area contributed by atoms with Gasteiger partial charge in [-0.25, -0.2) is 4.79 Å². The summed E-state index contributed by atoms with van der Waals surface area (Å²) in [4.78, 5) is 31.1. The number of carbonyl (C=O) groups is 2. The standard InChI is InChI=1S/C10H7F2NO7/c11-10(12)20-8-5(13(18)19)2-1-4(3-14)6(8)7(15)9(16)17/h1-3,7,10,15H,(H,16,17). The lowest BCUT2D eigenvalue weighted by Crippen LogP contribution is -2.17. The molecule has 1 aromatic rings. The highest BCUT2D eigenvalue weighted by molar-refractivity contribution is 5.86. The molecule has 1 rings (SSSR count). The van der Waals surface area contributed by atoms with E-state index < -0.39 is 46.2 Å². The molecule has 0 bridgehead atoms. The lowest BCUT2D eigenvalue weighted by Gasteiger charge is -2.15. The van der Waals surface area contributed by atoms with Gasteiger partial charge in [0.15, 0.2) is 12.4 Å². The van der Waals surface area contributed by atoms with Gasteiger partial charge in [0.25, 0.3) is 0 Å². The summed E-state index contributed by atoms with van der Waals surface area (Å²) < 4.78 is 28.5. The number of nitrogens with zero attached hydrogens (tertiary/aromatic N) is 1. The molecular formula is C10H7F2NO7. The largest absolute Gasteiger partial charge is 0.479 e. The molecule has 0 radical (unpaired) electrons. The fraction of sp³-hybridized carbons (Fsp3) is 0.200. The summed E-state index contributed by atoms with van der Waals surface area (Å²) in [5.74, 6) is -3.04. The van der Waals surface area contributed by atoms with Gasteiger partial charge in [0.1, 0.15) is 0 Å². The van der Waals surface area contributed by atoms with Crippen molar-refractivity contribution >= 4 is 17.9 Å². The summed E-state index contributed by atoms with van der Waals surface area (Å²) in [7, 11) is 0. The van der Waals surface area contributed by atoms with Crippen LogP contribution in [0.3, 0.4) is 0 Å². The van der Waals surface area contributed by atoms with E-state index in [9.17, 15) is 33.6 Å². The lowest BCUT2D eigenvalue weighted by molar-refractivity contribution is -0.386. The second-order valence-electron chi connectivity index (χ2n) is 3.41. The van der Waals surface area contributed by atoms with Crippen LogP contribution < -0.4 is 4.74 Å². The van der Waals surface area contributed by atoms with Gasteiger partial charge < -0.3 is 14.9 Å². The number of hydrogen-bond donors (Lipinski definition) is 2. The lowest BCUT2D eigenvalue weighted by atomic mass is 10.0. The molecule has 8 nitrogen and oxygen atoms in total. The molecular weight excluding hydrogens is 284 g/mol. The Morgan fingerprint density at radius 2 is 2.05 bits per heavy atom. The van der Waals surface area contributed by atoms with E-state index in [4.69, 9.17) is 5.11 Å².